The predicted octanol–water partition coefficient (Wildman–Crippen LogP) is 3.72. The van der Waals surface area contributed by atoms with Gasteiger partial charge in [-0.2, -0.15) is 0 Å². The van der Waals surface area contributed by atoms with Gasteiger partial charge >= 0.3 is 5.97 Å². The van der Waals surface area contributed by atoms with E-state index in [4.69, 9.17) is 9.84 Å². The molecule has 0 bridgehead atoms. The third-order valence-electron chi connectivity index (χ3n) is 2.90. The summed E-state index contributed by atoms with van der Waals surface area (Å²) in [6.07, 6.45) is 0. The van der Waals surface area contributed by atoms with Crippen LogP contribution in [0.25, 0.3) is 0 Å². The molecule has 2 aromatic carbocycles. The molecule has 0 aliphatic carbocycles. The van der Waals surface area contributed by atoms with Crippen LogP contribution in [0.3, 0.4) is 0 Å². The third-order valence-corrected chi connectivity index (χ3v) is 2.90. The van der Waals surface area contributed by atoms with Gasteiger partial charge in [-0.15, -0.1) is 0 Å². The maximum absolute atomic E-state index is 13.9. The van der Waals surface area contributed by atoms with Crippen LogP contribution in [0.5, 0.6) is 5.75 Å². The van der Waals surface area contributed by atoms with Crippen molar-refractivity contribution in [1.29, 1.82) is 0 Å². The molecule has 0 spiro atoms. The van der Waals surface area contributed by atoms with E-state index in [-0.39, 0.29) is 17.7 Å². The number of carbonyl (C=O) groups is 1. The van der Waals surface area contributed by atoms with Crippen LogP contribution in [0.4, 0.5) is 4.39 Å². The molecule has 0 fully saturated rings. The number of carboxylic acid groups (broad SMARTS) is 1. The average Bonchev–Trinajstić information content (AvgIpc) is 2.36. The molecule has 0 saturated carbocycles. The van der Waals surface area contributed by atoms with Crippen molar-refractivity contribution in [3.05, 3.63) is 64.5 Å². The number of hydrogen-bond acceptors (Lipinski definition) is 2. The molecule has 0 saturated heterocycles. The largest absolute Gasteiger partial charge is 0.489 e. The molecule has 0 aliphatic heterocycles. The molecule has 0 atom stereocenters. The second kappa shape index (κ2) is 5.74. The monoisotopic (exact) mass is 274 g/mol. The molecule has 0 aliphatic rings. The highest BCUT2D eigenvalue weighted by Crippen LogP contribution is 2.19. The summed E-state index contributed by atoms with van der Waals surface area (Å²) in [5, 5.41) is 8.87. The van der Waals surface area contributed by atoms with Crippen LogP contribution < -0.4 is 4.74 Å². The maximum atomic E-state index is 13.9. The summed E-state index contributed by atoms with van der Waals surface area (Å²) in [6, 6.07) is 9.98. The van der Waals surface area contributed by atoms with Gasteiger partial charge in [0.05, 0.1) is 5.56 Å². The second-order valence-corrected chi connectivity index (χ2v) is 4.70. The van der Waals surface area contributed by atoms with Gasteiger partial charge in [-0.05, 0) is 43.2 Å². The predicted molar refractivity (Wildman–Crippen MR) is 73.6 cm³/mol. The fourth-order valence-corrected chi connectivity index (χ4v) is 2.03. The molecule has 20 heavy (non-hydrogen) atoms. The molecule has 0 amide bonds. The van der Waals surface area contributed by atoms with Gasteiger partial charge < -0.3 is 9.84 Å². The normalized spacial score (nSPS) is 10.3. The molecule has 4 heteroatoms. The first-order valence-corrected chi connectivity index (χ1v) is 6.19. The molecule has 1 N–H and O–H groups in total. The van der Waals surface area contributed by atoms with Crippen molar-refractivity contribution in [3.63, 3.8) is 0 Å². The number of halogens is 1. The fraction of sp³-hybridized carbons (Fsp3) is 0.188. The average molecular weight is 274 g/mol. The maximum Gasteiger partial charge on any atom is 0.338 e. The number of hydrogen-bond donors (Lipinski definition) is 1. The van der Waals surface area contributed by atoms with E-state index in [2.05, 4.69) is 0 Å². The first-order valence-electron chi connectivity index (χ1n) is 6.19. The highest BCUT2D eigenvalue weighted by molar-refractivity contribution is 5.88. The molecule has 104 valence electrons. The second-order valence-electron chi connectivity index (χ2n) is 4.70. The van der Waals surface area contributed by atoms with Crippen LogP contribution in [0.15, 0.2) is 36.4 Å². The highest BCUT2D eigenvalue weighted by Gasteiger charge is 2.14. The van der Waals surface area contributed by atoms with E-state index in [1.54, 1.807) is 0 Å². The lowest BCUT2D eigenvalue weighted by Gasteiger charge is -2.10. The molecule has 0 radical (unpaired) electrons. The summed E-state index contributed by atoms with van der Waals surface area (Å²) < 4.78 is 19.5. The molecule has 2 rings (SSSR count). The number of aryl methyl sites for hydroxylation is 2. The Labute approximate surface area is 116 Å². The van der Waals surface area contributed by atoms with Crippen molar-refractivity contribution in [1.82, 2.24) is 0 Å². The van der Waals surface area contributed by atoms with E-state index in [1.165, 1.54) is 18.2 Å². The minimum Gasteiger partial charge on any atom is -0.489 e. The molecular weight excluding hydrogens is 259 g/mol. The smallest absolute Gasteiger partial charge is 0.338 e. The summed E-state index contributed by atoms with van der Waals surface area (Å²) in [6.45, 7) is 3.90. The van der Waals surface area contributed by atoms with Gasteiger partial charge in [0.1, 0.15) is 18.2 Å². The van der Waals surface area contributed by atoms with Crippen LogP contribution in [0.2, 0.25) is 0 Å². The van der Waals surface area contributed by atoms with Crippen molar-refractivity contribution < 1.29 is 19.0 Å². The number of ether oxygens (including phenoxy) is 1. The van der Waals surface area contributed by atoms with E-state index in [0.29, 0.717) is 5.75 Å². The van der Waals surface area contributed by atoms with Crippen molar-refractivity contribution in [3.8, 4) is 5.75 Å². The van der Waals surface area contributed by atoms with Crippen LogP contribution >= 0.6 is 0 Å². The highest BCUT2D eigenvalue weighted by atomic mass is 19.1. The molecule has 0 unspecified atom stereocenters. The number of carboxylic acids is 1. The lowest BCUT2D eigenvalue weighted by molar-refractivity contribution is 0.0691. The first-order chi connectivity index (χ1) is 9.47. The number of aromatic carboxylic acids is 1. The van der Waals surface area contributed by atoms with Gasteiger partial charge in [0.15, 0.2) is 0 Å². The van der Waals surface area contributed by atoms with E-state index >= 15 is 0 Å². The zero-order chi connectivity index (χ0) is 14.7. The van der Waals surface area contributed by atoms with Crippen molar-refractivity contribution in [2.24, 2.45) is 0 Å². The minimum atomic E-state index is -1.28. The van der Waals surface area contributed by atoms with Crippen LogP contribution in [0.1, 0.15) is 27.0 Å². The number of benzene rings is 2. The Bertz CT molecular complexity index is 630. The lowest BCUT2D eigenvalue weighted by atomic mass is 10.1. The fourth-order valence-electron chi connectivity index (χ4n) is 2.03. The van der Waals surface area contributed by atoms with Crippen LogP contribution in [0, 0.1) is 19.7 Å². The molecular formula is C16H15FO3. The topological polar surface area (TPSA) is 46.5 Å². The van der Waals surface area contributed by atoms with Crippen molar-refractivity contribution >= 4 is 5.97 Å². The van der Waals surface area contributed by atoms with Crippen LogP contribution in [-0.2, 0) is 6.61 Å². The van der Waals surface area contributed by atoms with Gasteiger partial charge in [0.2, 0.25) is 0 Å². The SMILES string of the molecule is Cc1cc(C)cc(OCc2cccc(C(=O)O)c2F)c1. The molecule has 0 aromatic heterocycles. The van der Waals surface area contributed by atoms with E-state index in [1.807, 2.05) is 32.0 Å². The summed E-state index contributed by atoms with van der Waals surface area (Å²) >= 11 is 0. The lowest BCUT2D eigenvalue weighted by Crippen LogP contribution is -2.06. The zero-order valence-electron chi connectivity index (χ0n) is 11.3. The molecule has 2 aromatic rings. The molecule has 0 heterocycles. The van der Waals surface area contributed by atoms with Crippen molar-refractivity contribution in [2.45, 2.75) is 20.5 Å². The van der Waals surface area contributed by atoms with Gasteiger partial charge in [0.25, 0.3) is 0 Å². The summed E-state index contributed by atoms with van der Waals surface area (Å²) in [5.74, 6) is -1.39. The van der Waals surface area contributed by atoms with Crippen LogP contribution in [-0.4, -0.2) is 11.1 Å². The van der Waals surface area contributed by atoms with Gasteiger partial charge in [0, 0.05) is 5.56 Å². The van der Waals surface area contributed by atoms with E-state index in [9.17, 15) is 9.18 Å². The van der Waals surface area contributed by atoms with E-state index in [0.717, 1.165) is 11.1 Å². The summed E-state index contributed by atoms with van der Waals surface area (Å²) in [7, 11) is 0. The summed E-state index contributed by atoms with van der Waals surface area (Å²) in [5.41, 5.74) is 2.00. The van der Waals surface area contributed by atoms with Gasteiger partial charge in [-0.1, -0.05) is 18.2 Å². The quantitative estimate of drug-likeness (QED) is 0.924. The Morgan fingerprint density at radius 1 is 1.20 bits per heavy atom. The summed E-state index contributed by atoms with van der Waals surface area (Å²) in [4.78, 5) is 10.9. The van der Waals surface area contributed by atoms with E-state index < -0.39 is 11.8 Å². The van der Waals surface area contributed by atoms with Gasteiger partial charge in [-0.3, -0.25) is 0 Å². The Balaban J connectivity index is 2.19. The Kier molecular flexibility index (Phi) is 4.03. The Morgan fingerprint density at radius 2 is 1.85 bits per heavy atom. The standard InChI is InChI=1S/C16H15FO3/c1-10-6-11(2)8-13(7-10)20-9-12-4-3-5-14(15(12)17)16(18)19/h3-8H,9H2,1-2H3,(H,18,19). The van der Waals surface area contributed by atoms with Gasteiger partial charge in [-0.25, -0.2) is 9.18 Å². The Hall–Kier alpha value is -2.36. The molecule has 3 nitrogen and oxygen atoms in total. The van der Waals surface area contributed by atoms with Crippen molar-refractivity contribution in [2.75, 3.05) is 0 Å². The Morgan fingerprint density at radius 3 is 2.45 bits per heavy atom. The first kappa shape index (κ1) is 14.1. The number of rotatable bonds is 4. The third kappa shape index (κ3) is 3.15. The zero-order valence-corrected chi connectivity index (χ0v) is 11.3. The minimum absolute atomic E-state index is 0.00412.